The highest BCUT2D eigenvalue weighted by atomic mass is 16.5. The molecule has 0 spiro atoms. The zero-order valence-electron chi connectivity index (χ0n) is 10.3. The number of fused-ring (bicyclic) bond motifs is 1. The second-order valence-corrected chi connectivity index (χ2v) is 4.18. The molecule has 2 aromatic rings. The van der Waals surface area contributed by atoms with E-state index < -0.39 is 0 Å². The Kier molecular flexibility index (Phi) is 3.47. The number of ketones is 1. The van der Waals surface area contributed by atoms with Gasteiger partial charge < -0.3 is 9.30 Å². The van der Waals surface area contributed by atoms with E-state index >= 15 is 0 Å². The van der Waals surface area contributed by atoms with E-state index in [0.717, 1.165) is 29.7 Å². The van der Waals surface area contributed by atoms with E-state index in [4.69, 9.17) is 4.74 Å². The Morgan fingerprint density at radius 3 is 2.88 bits per heavy atom. The van der Waals surface area contributed by atoms with Crippen LogP contribution in [-0.2, 0) is 11.3 Å². The third-order valence-electron chi connectivity index (χ3n) is 2.63. The van der Waals surface area contributed by atoms with Crippen molar-refractivity contribution in [3.05, 3.63) is 30.5 Å². The van der Waals surface area contributed by atoms with Gasteiger partial charge in [-0.2, -0.15) is 0 Å². The number of aromatic nitrogens is 1. The normalized spacial score (nSPS) is 10.7. The predicted molar refractivity (Wildman–Crippen MR) is 68.4 cm³/mol. The van der Waals surface area contributed by atoms with Gasteiger partial charge in [-0.3, -0.25) is 4.79 Å². The van der Waals surface area contributed by atoms with Crippen molar-refractivity contribution in [3.8, 4) is 5.75 Å². The SMILES string of the molecule is CCCOc1cccc2c1ccn2CC(C)=O. The molecule has 3 nitrogen and oxygen atoms in total. The van der Waals surface area contributed by atoms with Crippen LogP contribution in [0.2, 0.25) is 0 Å². The van der Waals surface area contributed by atoms with E-state index in [0.29, 0.717) is 6.54 Å². The number of Topliss-reactive ketones (excluding diaryl/α,β-unsaturated/α-hetero) is 1. The molecular formula is C14H17NO2. The maximum atomic E-state index is 11.2. The number of hydrogen-bond acceptors (Lipinski definition) is 2. The van der Waals surface area contributed by atoms with Crippen LogP contribution in [-0.4, -0.2) is 17.0 Å². The minimum absolute atomic E-state index is 0.155. The van der Waals surface area contributed by atoms with Crippen LogP contribution < -0.4 is 4.74 Å². The number of carbonyl (C=O) groups is 1. The lowest BCUT2D eigenvalue weighted by molar-refractivity contribution is -0.117. The average molecular weight is 231 g/mol. The Morgan fingerprint density at radius 2 is 2.18 bits per heavy atom. The van der Waals surface area contributed by atoms with E-state index in [9.17, 15) is 4.79 Å². The third kappa shape index (κ3) is 2.49. The molecule has 0 atom stereocenters. The molecule has 0 aliphatic carbocycles. The summed E-state index contributed by atoms with van der Waals surface area (Å²) >= 11 is 0. The minimum atomic E-state index is 0.155. The summed E-state index contributed by atoms with van der Waals surface area (Å²) in [7, 11) is 0. The Labute approximate surface area is 101 Å². The molecule has 0 aliphatic rings. The molecule has 0 fully saturated rings. The Bertz CT molecular complexity index is 528. The summed E-state index contributed by atoms with van der Waals surface area (Å²) in [5.74, 6) is 1.05. The summed E-state index contributed by atoms with van der Waals surface area (Å²) < 4.78 is 7.64. The van der Waals surface area contributed by atoms with E-state index in [-0.39, 0.29) is 5.78 Å². The van der Waals surface area contributed by atoms with E-state index in [1.165, 1.54) is 0 Å². The molecular weight excluding hydrogens is 214 g/mol. The molecule has 0 amide bonds. The molecule has 1 aromatic carbocycles. The molecule has 17 heavy (non-hydrogen) atoms. The highest BCUT2D eigenvalue weighted by Crippen LogP contribution is 2.26. The summed E-state index contributed by atoms with van der Waals surface area (Å²) in [4.78, 5) is 11.2. The number of nitrogens with zero attached hydrogens (tertiary/aromatic N) is 1. The van der Waals surface area contributed by atoms with Crippen LogP contribution in [0.25, 0.3) is 10.9 Å². The van der Waals surface area contributed by atoms with Gasteiger partial charge in [-0.15, -0.1) is 0 Å². The predicted octanol–water partition coefficient (Wildman–Crippen LogP) is 3.02. The molecule has 0 N–H and O–H groups in total. The van der Waals surface area contributed by atoms with Crippen molar-refractivity contribution in [2.45, 2.75) is 26.8 Å². The van der Waals surface area contributed by atoms with Crippen LogP contribution in [0.4, 0.5) is 0 Å². The van der Waals surface area contributed by atoms with Gasteiger partial charge in [-0.1, -0.05) is 13.0 Å². The van der Waals surface area contributed by atoms with Crippen molar-refractivity contribution in [3.63, 3.8) is 0 Å². The lowest BCUT2D eigenvalue weighted by atomic mass is 10.2. The maximum absolute atomic E-state index is 11.2. The van der Waals surface area contributed by atoms with Gasteiger partial charge in [0, 0.05) is 11.6 Å². The fourth-order valence-corrected chi connectivity index (χ4v) is 1.91. The Hall–Kier alpha value is -1.77. The molecule has 0 saturated heterocycles. The standard InChI is InChI=1S/C14H17NO2/c1-3-9-17-14-6-4-5-13-12(14)7-8-15(13)10-11(2)16/h4-8H,3,9-10H2,1-2H3. The molecule has 0 unspecified atom stereocenters. The van der Waals surface area contributed by atoms with Crippen LogP contribution in [0.15, 0.2) is 30.5 Å². The summed E-state index contributed by atoms with van der Waals surface area (Å²) in [6.45, 7) is 4.82. The highest BCUT2D eigenvalue weighted by molar-refractivity contribution is 5.88. The number of rotatable bonds is 5. The van der Waals surface area contributed by atoms with Crippen LogP contribution >= 0.6 is 0 Å². The van der Waals surface area contributed by atoms with Crippen molar-refractivity contribution < 1.29 is 9.53 Å². The fourth-order valence-electron chi connectivity index (χ4n) is 1.91. The van der Waals surface area contributed by atoms with Crippen molar-refractivity contribution in [2.75, 3.05) is 6.61 Å². The Balaban J connectivity index is 2.38. The van der Waals surface area contributed by atoms with Gasteiger partial charge in [0.1, 0.15) is 11.5 Å². The van der Waals surface area contributed by atoms with Crippen LogP contribution in [0.1, 0.15) is 20.3 Å². The first-order valence-corrected chi connectivity index (χ1v) is 5.92. The van der Waals surface area contributed by atoms with E-state index in [1.54, 1.807) is 6.92 Å². The lowest BCUT2D eigenvalue weighted by Gasteiger charge is -2.07. The van der Waals surface area contributed by atoms with Crippen molar-refractivity contribution in [2.24, 2.45) is 0 Å². The van der Waals surface area contributed by atoms with Crippen LogP contribution in [0, 0.1) is 0 Å². The number of carbonyl (C=O) groups excluding carboxylic acids is 1. The molecule has 3 heteroatoms. The molecule has 1 heterocycles. The molecule has 1 aromatic heterocycles. The molecule has 0 bridgehead atoms. The minimum Gasteiger partial charge on any atom is -0.493 e. The van der Waals surface area contributed by atoms with Gasteiger partial charge >= 0.3 is 0 Å². The first-order chi connectivity index (χ1) is 8.22. The van der Waals surface area contributed by atoms with Crippen molar-refractivity contribution >= 4 is 16.7 Å². The summed E-state index contributed by atoms with van der Waals surface area (Å²) in [5.41, 5.74) is 1.05. The molecule has 0 aliphatic heterocycles. The van der Waals surface area contributed by atoms with Gasteiger partial charge in [0.2, 0.25) is 0 Å². The van der Waals surface area contributed by atoms with E-state index in [1.807, 2.05) is 35.0 Å². The smallest absolute Gasteiger partial charge is 0.149 e. The van der Waals surface area contributed by atoms with Gasteiger partial charge in [-0.25, -0.2) is 0 Å². The Morgan fingerprint density at radius 1 is 1.35 bits per heavy atom. The number of benzene rings is 1. The summed E-state index contributed by atoms with van der Waals surface area (Å²) in [6, 6.07) is 7.94. The highest BCUT2D eigenvalue weighted by Gasteiger charge is 2.07. The maximum Gasteiger partial charge on any atom is 0.149 e. The fraction of sp³-hybridized carbons (Fsp3) is 0.357. The second-order valence-electron chi connectivity index (χ2n) is 4.18. The van der Waals surface area contributed by atoms with Crippen LogP contribution in [0.5, 0.6) is 5.75 Å². The second kappa shape index (κ2) is 5.04. The largest absolute Gasteiger partial charge is 0.493 e. The molecule has 2 rings (SSSR count). The van der Waals surface area contributed by atoms with Gasteiger partial charge in [-0.05, 0) is 31.5 Å². The quantitative estimate of drug-likeness (QED) is 0.792. The number of hydrogen-bond donors (Lipinski definition) is 0. The number of ether oxygens (including phenoxy) is 1. The lowest BCUT2D eigenvalue weighted by Crippen LogP contribution is -2.04. The first kappa shape index (κ1) is 11.7. The van der Waals surface area contributed by atoms with E-state index in [2.05, 4.69) is 6.92 Å². The van der Waals surface area contributed by atoms with Crippen LogP contribution in [0.3, 0.4) is 0 Å². The van der Waals surface area contributed by atoms with Gasteiger partial charge in [0.15, 0.2) is 0 Å². The van der Waals surface area contributed by atoms with Gasteiger partial charge in [0.25, 0.3) is 0 Å². The van der Waals surface area contributed by atoms with Gasteiger partial charge in [0.05, 0.1) is 18.7 Å². The molecule has 0 radical (unpaired) electrons. The molecule has 0 saturated carbocycles. The van der Waals surface area contributed by atoms with Crippen molar-refractivity contribution in [1.29, 1.82) is 0 Å². The molecule has 90 valence electrons. The summed E-state index contributed by atoms with van der Waals surface area (Å²) in [5, 5.41) is 1.07. The van der Waals surface area contributed by atoms with Crippen molar-refractivity contribution in [1.82, 2.24) is 4.57 Å². The third-order valence-corrected chi connectivity index (χ3v) is 2.63. The zero-order chi connectivity index (χ0) is 12.3. The summed E-state index contributed by atoms with van der Waals surface area (Å²) in [6.07, 6.45) is 2.93. The zero-order valence-corrected chi connectivity index (χ0v) is 10.3. The topological polar surface area (TPSA) is 31.2 Å². The first-order valence-electron chi connectivity index (χ1n) is 5.92. The monoisotopic (exact) mass is 231 g/mol. The average Bonchev–Trinajstić information content (AvgIpc) is 2.70.